The number of nitrogens with two attached hydrogens (primary N) is 1. The van der Waals surface area contributed by atoms with Gasteiger partial charge in [-0.1, -0.05) is 47.6 Å². The van der Waals surface area contributed by atoms with Crippen LogP contribution in [0.25, 0.3) is 10.8 Å². The number of hydrogen-bond acceptors (Lipinski definition) is 3. The molecule has 2 N–H and O–H groups in total. The highest BCUT2D eigenvalue weighted by atomic mass is 35.5. The minimum Gasteiger partial charge on any atom is -0.398 e. The summed E-state index contributed by atoms with van der Waals surface area (Å²) in [4.78, 5) is 5.37. The third-order valence-electron chi connectivity index (χ3n) is 2.90. The summed E-state index contributed by atoms with van der Waals surface area (Å²) in [6, 6.07) is 12.4. The normalized spacial score (nSPS) is 10.9. The molecule has 0 bridgehead atoms. The van der Waals surface area contributed by atoms with E-state index in [-0.39, 0.29) is 5.82 Å². The highest BCUT2D eigenvalue weighted by Crippen LogP contribution is 2.37. The Hall–Kier alpha value is -1.78. The average Bonchev–Trinajstić information content (AvgIpc) is 2.43. The predicted molar refractivity (Wildman–Crippen MR) is 81.7 cm³/mol. The van der Waals surface area contributed by atoms with E-state index in [2.05, 4.69) is 4.98 Å². The molecule has 0 aliphatic rings. The fourth-order valence-electron chi connectivity index (χ4n) is 1.95. The van der Waals surface area contributed by atoms with Crippen LogP contribution in [0, 0.1) is 5.82 Å². The summed E-state index contributed by atoms with van der Waals surface area (Å²) in [5, 5.41) is 1.76. The molecule has 0 saturated carbocycles. The Bertz CT molecular complexity index is 772. The van der Waals surface area contributed by atoms with Gasteiger partial charge in [0.1, 0.15) is 11.0 Å². The van der Waals surface area contributed by atoms with Gasteiger partial charge in [-0.05, 0) is 23.6 Å². The van der Waals surface area contributed by atoms with Crippen LogP contribution in [0.2, 0.25) is 5.15 Å². The molecule has 20 heavy (non-hydrogen) atoms. The SMILES string of the molecule is Nc1ccnc(Cl)c1Sc1cc(F)c2ccccc2c1. The Kier molecular flexibility index (Phi) is 3.51. The summed E-state index contributed by atoms with van der Waals surface area (Å²) in [7, 11) is 0. The third-order valence-corrected chi connectivity index (χ3v) is 4.40. The van der Waals surface area contributed by atoms with E-state index in [0.717, 1.165) is 10.3 Å². The quantitative estimate of drug-likeness (QED) is 0.694. The fourth-order valence-corrected chi connectivity index (χ4v) is 3.14. The molecule has 1 aromatic heterocycles. The van der Waals surface area contributed by atoms with E-state index < -0.39 is 0 Å². The van der Waals surface area contributed by atoms with Crippen molar-refractivity contribution in [3.05, 3.63) is 59.6 Å². The standard InChI is InChI=1S/C15H10ClFN2S/c16-15-14(13(18)5-6-19-15)20-10-7-9-3-1-2-4-11(9)12(17)8-10/h1-8H,(H2,18,19). The molecule has 0 saturated heterocycles. The van der Waals surface area contributed by atoms with Gasteiger partial charge in [0, 0.05) is 16.5 Å². The third kappa shape index (κ3) is 2.44. The van der Waals surface area contributed by atoms with E-state index in [1.54, 1.807) is 18.3 Å². The molecule has 0 spiro atoms. The number of nitrogen functional groups attached to an aromatic ring is 1. The molecule has 0 aliphatic carbocycles. The topological polar surface area (TPSA) is 38.9 Å². The average molecular weight is 305 g/mol. The first-order valence-electron chi connectivity index (χ1n) is 5.91. The van der Waals surface area contributed by atoms with Gasteiger partial charge in [0.05, 0.1) is 10.6 Å². The second-order valence-electron chi connectivity index (χ2n) is 4.25. The zero-order valence-corrected chi connectivity index (χ0v) is 11.9. The van der Waals surface area contributed by atoms with Crippen molar-refractivity contribution in [3.8, 4) is 0 Å². The van der Waals surface area contributed by atoms with Crippen LogP contribution in [-0.2, 0) is 0 Å². The van der Waals surface area contributed by atoms with Crippen molar-refractivity contribution in [1.82, 2.24) is 4.98 Å². The van der Waals surface area contributed by atoms with Crippen LogP contribution in [0.3, 0.4) is 0 Å². The van der Waals surface area contributed by atoms with Crippen molar-refractivity contribution in [2.75, 3.05) is 5.73 Å². The van der Waals surface area contributed by atoms with Crippen molar-refractivity contribution in [2.24, 2.45) is 0 Å². The Morgan fingerprint density at radius 3 is 2.75 bits per heavy atom. The molecular formula is C15H10ClFN2S. The number of rotatable bonds is 2. The molecular weight excluding hydrogens is 295 g/mol. The molecule has 100 valence electrons. The van der Waals surface area contributed by atoms with Gasteiger partial charge in [-0.15, -0.1) is 0 Å². The highest BCUT2D eigenvalue weighted by molar-refractivity contribution is 7.99. The Morgan fingerprint density at radius 2 is 1.95 bits per heavy atom. The van der Waals surface area contributed by atoms with Gasteiger partial charge in [-0.2, -0.15) is 0 Å². The van der Waals surface area contributed by atoms with Crippen molar-refractivity contribution >= 4 is 39.8 Å². The number of halogens is 2. The largest absolute Gasteiger partial charge is 0.398 e. The first-order chi connectivity index (χ1) is 9.65. The number of aromatic nitrogens is 1. The second kappa shape index (κ2) is 5.31. The van der Waals surface area contributed by atoms with Crippen LogP contribution in [-0.4, -0.2) is 4.98 Å². The molecule has 0 unspecified atom stereocenters. The van der Waals surface area contributed by atoms with Gasteiger partial charge in [-0.3, -0.25) is 0 Å². The van der Waals surface area contributed by atoms with Crippen molar-refractivity contribution < 1.29 is 4.39 Å². The Balaban J connectivity index is 2.07. The van der Waals surface area contributed by atoms with Crippen LogP contribution in [0.15, 0.2) is 58.5 Å². The molecule has 5 heteroatoms. The zero-order valence-electron chi connectivity index (χ0n) is 10.3. The van der Waals surface area contributed by atoms with E-state index in [0.29, 0.717) is 21.1 Å². The number of anilines is 1. The molecule has 2 nitrogen and oxygen atoms in total. The monoisotopic (exact) mass is 304 g/mol. The summed E-state index contributed by atoms with van der Waals surface area (Å²) in [5.74, 6) is -0.260. The molecule has 0 atom stereocenters. The fraction of sp³-hybridized carbons (Fsp3) is 0. The van der Waals surface area contributed by atoms with Gasteiger partial charge in [0.2, 0.25) is 0 Å². The maximum Gasteiger partial charge on any atom is 0.144 e. The summed E-state index contributed by atoms with van der Waals surface area (Å²) >= 11 is 7.34. The van der Waals surface area contributed by atoms with Crippen LogP contribution in [0.5, 0.6) is 0 Å². The van der Waals surface area contributed by atoms with E-state index in [1.165, 1.54) is 17.8 Å². The second-order valence-corrected chi connectivity index (χ2v) is 5.69. The molecule has 0 aliphatic heterocycles. The summed E-state index contributed by atoms with van der Waals surface area (Å²) < 4.78 is 14.1. The van der Waals surface area contributed by atoms with Gasteiger partial charge < -0.3 is 5.73 Å². The maximum atomic E-state index is 14.1. The van der Waals surface area contributed by atoms with Crippen molar-refractivity contribution in [1.29, 1.82) is 0 Å². The molecule has 3 aromatic rings. The number of hydrogen-bond donors (Lipinski definition) is 1. The molecule has 3 rings (SSSR count). The molecule has 0 amide bonds. The predicted octanol–water partition coefficient (Wildman–Crippen LogP) is 4.76. The Labute approximate surface area is 124 Å². The van der Waals surface area contributed by atoms with E-state index in [4.69, 9.17) is 17.3 Å². The lowest BCUT2D eigenvalue weighted by molar-refractivity contribution is 0.636. The summed E-state index contributed by atoms with van der Waals surface area (Å²) in [6.45, 7) is 0. The Morgan fingerprint density at radius 1 is 1.15 bits per heavy atom. The van der Waals surface area contributed by atoms with Crippen LogP contribution < -0.4 is 5.73 Å². The zero-order chi connectivity index (χ0) is 14.1. The number of fused-ring (bicyclic) bond motifs is 1. The minimum absolute atomic E-state index is 0.260. The lowest BCUT2D eigenvalue weighted by Crippen LogP contribution is -1.91. The van der Waals surface area contributed by atoms with Gasteiger partial charge >= 0.3 is 0 Å². The maximum absolute atomic E-state index is 14.1. The highest BCUT2D eigenvalue weighted by Gasteiger charge is 2.10. The molecule has 0 fully saturated rings. The molecule has 1 heterocycles. The number of benzene rings is 2. The number of pyridine rings is 1. The van der Waals surface area contributed by atoms with E-state index >= 15 is 0 Å². The van der Waals surface area contributed by atoms with Gasteiger partial charge in [0.25, 0.3) is 0 Å². The smallest absolute Gasteiger partial charge is 0.144 e. The summed E-state index contributed by atoms with van der Waals surface area (Å²) in [6.07, 6.45) is 1.54. The van der Waals surface area contributed by atoms with Crippen LogP contribution in [0.4, 0.5) is 10.1 Å². The number of nitrogens with zero attached hydrogens (tertiary/aromatic N) is 1. The van der Waals surface area contributed by atoms with Crippen LogP contribution >= 0.6 is 23.4 Å². The summed E-state index contributed by atoms with van der Waals surface area (Å²) in [5.41, 5.74) is 6.41. The van der Waals surface area contributed by atoms with Gasteiger partial charge in [0.15, 0.2) is 0 Å². The van der Waals surface area contributed by atoms with Crippen molar-refractivity contribution in [2.45, 2.75) is 9.79 Å². The molecule has 0 radical (unpaired) electrons. The molecule has 2 aromatic carbocycles. The van der Waals surface area contributed by atoms with E-state index in [1.807, 2.05) is 24.3 Å². The lowest BCUT2D eigenvalue weighted by atomic mass is 10.1. The minimum atomic E-state index is -0.260. The van der Waals surface area contributed by atoms with Crippen molar-refractivity contribution in [3.63, 3.8) is 0 Å². The van der Waals surface area contributed by atoms with Crippen LogP contribution in [0.1, 0.15) is 0 Å². The first kappa shape index (κ1) is 13.2. The lowest BCUT2D eigenvalue weighted by Gasteiger charge is -2.08. The van der Waals surface area contributed by atoms with Gasteiger partial charge in [-0.25, -0.2) is 9.37 Å². The first-order valence-corrected chi connectivity index (χ1v) is 7.11. The van der Waals surface area contributed by atoms with E-state index in [9.17, 15) is 4.39 Å².